The number of ether oxygens (including phenoxy) is 3. The van der Waals surface area contributed by atoms with E-state index in [-0.39, 0.29) is 6.61 Å². The van der Waals surface area contributed by atoms with Crippen molar-refractivity contribution < 1.29 is 23.8 Å². The second-order valence-electron chi connectivity index (χ2n) is 6.65. The zero-order valence-electron chi connectivity index (χ0n) is 14.1. The summed E-state index contributed by atoms with van der Waals surface area (Å²) in [6.07, 6.45) is 0.0948. The van der Waals surface area contributed by atoms with Crippen molar-refractivity contribution in [2.24, 2.45) is 10.9 Å². The minimum absolute atomic E-state index is 0.132. The molecule has 0 aliphatic carbocycles. The first-order valence-corrected chi connectivity index (χ1v) is 7.40. The van der Waals surface area contributed by atoms with Crippen molar-refractivity contribution in [3.8, 4) is 0 Å². The van der Waals surface area contributed by atoms with Crippen molar-refractivity contribution in [1.29, 1.82) is 0 Å². The van der Waals surface area contributed by atoms with Gasteiger partial charge in [-0.25, -0.2) is 14.6 Å². The van der Waals surface area contributed by atoms with Crippen molar-refractivity contribution in [3.05, 3.63) is 0 Å². The van der Waals surface area contributed by atoms with E-state index in [4.69, 9.17) is 9.47 Å². The molecule has 22 heavy (non-hydrogen) atoms. The summed E-state index contributed by atoms with van der Waals surface area (Å²) in [5.74, 6) is 0.203. The van der Waals surface area contributed by atoms with E-state index in [2.05, 4.69) is 15.0 Å². The van der Waals surface area contributed by atoms with E-state index in [1.807, 2.05) is 13.8 Å². The molecule has 7 nitrogen and oxygen atoms in total. The highest BCUT2D eigenvalue weighted by Crippen LogP contribution is 2.15. The van der Waals surface area contributed by atoms with Crippen LogP contribution in [-0.4, -0.2) is 49.4 Å². The van der Waals surface area contributed by atoms with E-state index in [0.29, 0.717) is 18.2 Å². The van der Waals surface area contributed by atoms with Gasteiger partial charge in [-0.2, -0.15) is 0 Å². The third-order valence-corrected chi connectivity index (χ3v) is 2.84. The van der Waals surface area contributed by atoms with Gasteiger partial charge >= 0.3 is 12.1 Å². The molecule has 0 aromatic carbocycles. The van der Waals surface area contributed by atoms with Crippen LogP contribution in [0.2, 0.25) is 0 Å². The number of amides is 1. The van der Waals surface area contributed by atoms with Gasteiger partial charge in [0.25, 0.3) is 0 Å². The first kappa shape index (κ1) is 18.3. The quantitative estimate of drug-likeness (QED) is 0.783. The highest BCUT2D eigenvalue weighted by atomic mass is 16.6. The summed E-state index contributed by atoms with van der Waals surface area (Å²) in [6.45, 7) is 9.56. The van der Waals surface area contributed by atoms with E-state index < -0.39 is 29.7 Å². The minimum Gasteiger partial charge on any atom is -0.477 e. The molecule has 0 spiro atoms. The smallest absolute Gasteiger partial charge is 0.408 e. The number of alkyl carbamates (subject to hydrolysis) is 1. The van der Waals surface area contributed by atoms with Crippen LogP contribution >= 0.6 is 0 Å². The average molecular weight is 314 g/mol. The van der Waals surface area contributed by atoms with Crippen LogP contribution in [0.25, 0.3) is 0 Å². The fourth-order valence-corrected chi connectivity index (χ4v) is 1.98. The Morgan fingerprint density at radius 1 is 1.41 bits per heavy atom. The third-order valence-electron chi connectivity index (χ3n) is 2.84. The number of nitrogens with one attached hydrogen (secondary N) is 1. The molecule has 0 aromatic heterocycles. The maximum absolute atomic E-state index is 11.9. The number of nitrogens with zero attached hydrogens (tertiary/aromatic N) is 1. The Hall–Kier alpha value is -1.79. The summed E-state index contributed by atoms with van der Waals surface area (Å²) < 4.78 is 15.4. The summed E-state index contributed by atoms with van der Waals surface area (Å²) in [6, 6.07) is -1.10. The summed E-state index contributed by atoms with van der Waals surface area (Å²) in [5.41, 5.74) is -0.584. The molecule has 0 bridgehead atoms. The Labute approximate surface area is 131 Å². The van der Waals surface area contributed by atoms with Crippen LogP contribution in [0.15, 0.2) is 4.99 Å². The summed E-state index contributed by atoms with van der Waals surface area (Å²) in [4.78, 5) is 27.6. The van der Waals surface area contributed by atoms with Crippen molar-refractivity contribution in [2.45, 2.75) is 58.7 Å². The van der Waals surface area contributed by atoms with Crippen molar-refractivity contribution in [3.63, 3.8) is 0 Å². The summed E-state index contributed by atoms with van der Waals surface area (Å²) in [7, 11) is 1.31. The Morgan fingerprint density at radius 3 is 2.55 bits per heavy atom. The average Bonchev–Trinajstić information content (AvgIpc) is 2.83. The van der Waals surface area contributed by atoms with Gasteiger partial charge in [0.2, 0.25) is 5.90 Å². The van der Waals surface area contributed by atoms with E-state index in [0.717, 1.165) is 0 Å². The summed E-state index contributed by atoms with van der Waals surface area (Å²) >= 11 is 0. The molecule has 1 aliphatic heterocycles. The van der Waals surface area contributed by atoms with Crippen LogP contribution in [0, 0.1) is 5.92 Å². The number of carbonyl (C=O) groups is 2. The van der Waals surface area contributed by atoms with Gasteiger partial charge in [0.15, 0.2) is 6.04 Å². The molecule has 126 valence electrons. The molecule has 1 amide bonds. The predicted molar refractivity (Wildman–Crippen MR) is 81.8 cm³/mol. The van der Waals surface area contributed by atoms with Gasteiger partial charge in [-0.15, -0.1) is 0 Å². The molecule has 7 heteroatoms. The number of hydrogen-bond donors (Lipinski definition) is 1. The largest absolute Gasteiger partial charge is 0.477 e. The predicted octanol–water partition coefficient (Wildman–Crippen LogP) is 1.90. The van der Waals surface area contributed by atoms with E-state index >= 15 is 0 Å². The number of carbonyl (C=O) groups excluding carboxylic acids is 2. The number of methoxy groups -OCH3 is 1. The SMILES string of the molecule is COC(=O)C1COC([C@H](CC(C)C)NC(=O)OC(C)(C)C)=N1. The fourth-order valence-electron chi connectivity index (χ4n) is 1.98. The van der Waals surface area contributed by atoms with E-state index in [1.54, 1.807) is 20.8 Å². The van der Waals surface area contributed by atoms with Gasteiger partial charge in [0.05, 0.1) is 7.11 Å². The summed E-state index contributed by atoms with van der Waals surface area (Å²) in [5, 5.41) is 2.76. The highest BCUT2D eigenvalue weighted by molar-refractivity contribution is 5.90. The topological polar surface area (TPSA) is 86.2 Å². The van der Waals surface area contributed by atoms with Crippen LogP contribution in [0.1, 0.15) is 41.0 Å². The van der Waals surface area contributed by atoms with Crippen molar-refractivity contribution in [2.75, 3.05) is 13.7 Å². The molecular formula is C15H26N2O5. The molecule has 0 aromatic rings. The lowest BCUT2D eigenvalue weighted by Gasteiger charge is -2.24. The second kappa shape index (κ2) is 7.47. The molecule has 1 N–H and O–H groups in total. The second-order valence-corrected chi connectivity index (χ2v) is 6.65. The molecule has 1 heterocycles. The zero-order chi connectivity index (χ0) is 16.9. The Balaban J connectivity index is 2.77. The van der Waals surface area contributed by atoms with Gasteiger partial charge in [0.1, 0.15) is 18.2 Å². The number of esters is 1. The third kappa shape index (κ3) is 5.91. The van der Waals surface area contributed by atoms with E-state index in [9.17, 15) is 9.59 Å². The maximum atomic E-state index is 11.9. The lowest BCUT2D eigenvalue weighted by Crippen LogP contribution is -2.44. The van der Waals surface area contributed by atoms with Gasteiger partial charge in [0, 0.05) is 0 Å². The lowest BCUT2D eigenvalue weighted by atomic mass is 10.0. The fraction of sp³-hybridized carbons (Fsp3) is 0.800. The van der Waals surface area contributed by atoms with Crippen LogP contribution in [0.3, 0.4) is 0 Å². The zero-order valence-corrected chi connectivity index (χ0v) is 14.1. The number of rotatable bonds is 5. The van der Waals surface area contributed by atoms with Gasteiger partial charge in [-0.05, 0) is 33.1 Å². The van der Waals surface area contributed by atoms with Gasteiger partial charge < -0.3 is 19.5 Å². The normalized spacial score (nSPS) is 19.2. The molecule has 0 saturated heterocycles. The van der Waals surface area contributed by atoms with Crippen LogP contribution in [-0.2, 0) is 19.0 Å². The molecule has 0 saturated carbocycles. The van der Waals surface area contributed by atoms with Crippen LogP contribution < -0.4 is 5.32 Å². The highest BCUT2D eigenvalue weighted by Gasteiger charge is 2.32. The van der Waals surface area contributed by atoms with Crippen molar-refractivity contribution in [1.82, 2.24) is 5.32 Å². The number of hydrogen-bond acceptors (Lipinski definition) is 6. The van der Waals surface area contributed by atoms with E-state index in [1.165, 1.54) is 7.11 Å². The van der Waals surface area contributed by atoms with Gasteiger partial charge in [-0.1, -0.05) is 13.8 Å². The monoisotopic (exact) mass is 314 g/mol. The Bertz CT molecular complexity index is 440. The van der Waals surface area contributed by atoms with Crippen LogP contribution in [0.4, 0.5) is 4.79 Å². The molecule has 1 aliphatic rings. The molecule has 1 unspecified atom stereocenters. The standard InChI is InChI=1S/C15H26N2O5/c1-9(2)7-10(17-14(19)22-15(3,4)5)12-16-11(8-21-12)13(18)20-6/h9-11H,7-8H2,1-6H3,(H,17,19)/t10-,11?/m0/s1. The molecule has 2 atom stereocenters. The molecule has 0 fully saturated rings. The molecule has 1 rings (SSSR count). The van der Waals surface area contributed by atoms with Crippen LogP contribution in [0.5, 0.6) is 0 Å². The van der Waals surface area contributed by atoms with Gasteiger partial charge in [-0.3, -0.25) is 0 Å². The Morgan fingerprint density at radius 2 is 2.05 bits per heavy atom. The Kier molecular flexibility index (Phi) is 6.20. The molecular weight excluding hydrogens is 288 g/mol. The lowest BCUT2D eigenvalue weighted by molar-refractivity contribution is -0.142. The molecule has 0 radical (unpaired) electrons. The minimum atomic E-state index is -0.671. The first-order valence-electron chi connectivity index (χ1n) is 7.40. The van der Waals surface area contributed by atoms with Crippen molar-refractivity contribution >= 4 is 18.0 Å². The number of aliphatic imine (C=N–C) groups is 1. The first-order chi connectivity index (χ1) is 10.1. The maximum Gasteiger partial charge on any atom is 0.408 e.